The minimum Gasteiger partial charge on any atom is -0.365 e. The molecule has 1 amide bonds. The third-order valence-corrected chi connectivity index (χ3v) is 5.46. The maximum atomic E-state index is 12.5. The van der Waals surface area contributed by atoms with Crippen molar-refractivity contribution in [2.75, 3.05) is 18.4 Å². The third kappa shape index (κ3) is 3.69. The number of imidazole rings is 1. The van der Waals surface area contributed by atoms with Crippen molar-refractivity contribution < 1.29 is 4.79 Å². The van der Waals surface area contributed by atoms with Crippen molar-refractivity contribution >= 4 is 28.7 Å². The minimum absolute atomic E-state index is 0.0396. The van der Waals surface area contributed by atoms with Gasteiger partial charge in [-0.1, -0.05) is 6.07 Å². The van der Waals surface area contributed by atoms with Crippen LogP contribution in [0.25, 0.3) is 5.65 Å². The van der Waals surface area contributed by atoms with Gasteiger partial charge in [-0.05, 0) is 45.7 Å². The summed E-state index contributed by atoms with van der Waals surface area (Å²) < 4.78 is 2.13. The maximum Gasteiger partial charge on any atom is 0.273 e. The molecule has 0 atom stereocenters. The first-order chi connectivity index (χ1) is 12.9. The highest BCUT2D eigenvalue weighted by Gasteiger charge is 2.30. The molecule has 0 saturated carbocycles. The first kappa shape index (κ1) is 18.0. The summed E-state index contributed by atoms with van der Waals surface area (Å²) in [5.74, 6) is 1.45. The van der Waals surface area contributed by atoms with Gasteiger partial charge < -0.3 is 10.2 Å². The fraction of sp³-hybridized carbons (Fsp3) is 0.450. The van der Waals surface area contributed by atoms with Crippen LogP contribution in [0.5, 0.6) is 0 Å². The van der Waals surface area contributed by atoms with Crippen molar-refractivity contribution in [1.29, 1.82) is 0 Å². The van der Waals surface area contributed by atoms with Gasteiger partial charge >= 0.3 is 0 Å². The zero-order chi connectivity index (χ0) is 19.0. The van der Waals surface area contributed by atoms with Crippen LogP contribution in [-0.4, -0.2) is 43.8 Å². The lowest BCUT2D eigenvalue weighted by Crippen LogP contribution is -2.38. The molecule has 3 aromatic heterocycles. The predicted octanol–water partition coefficient (Wildman–Crippen LogP) is 4.02. The van der Waals surface area contributed by atoms with Crippen LogP contribution in [0, 0.1) is 0 Å². The lowest BCUT2D eigenvalue weighted by molar-refractivity contribution is 0.0707. The van der Waals surface area contributed by atoms with Gasteiger partial charge in [0.05, 0.1) is 11.2 Å². The lowest BCUT2D eigenvalue weighted by atomic mass is 9.92. The summed E-state index contributed by atoms with van der Waals surface area (Å²) >= 11 is 1.46. The van der Waals surface area contributed by atoms with E-state index >= 15 is 0 Å². The molecule has 6 nitrogen and oxygen atoms in total. The van der Waals surface area contributed by atoms with Gasteiger partial charge in [-0.2, -0.15) is 0 Å². The fourth-order valence-corrected chi connectivity index (χ4v) is 4.14. The Balaban J connectivity index is 1.57. The second kappa shape index (κ2) is 6.96. The molecular weight excluding hydrogens is 358 g/mol. The van der Waals surface area contributed by atoms with Gasteiger partial charge in [0.25, 0.3) is 5.91 Å². The summed E-state index contributed by atoms with van der Waals surface area (Å²) in [4.78, 5) is 23.5. The molecule has 0 radical (unpaired) electrons. The molecule has 0 spiro atoms. The number of piperidine rings is 1. The summed E-state index contributed by atoms with van der Waals surface area (Å²) in [5.41, 5.74) is 4.28. The van der Waals surface area contributed by atoms with E-state index in [2.05, 4.69) is 41.7 Å². The number of thiazole rings is 1. The number of likely N-dealkylation sites (tertiary alicyclic amines) is 1. The summed E-state index contributed by atoms with van der Waals surface area (Å²) in [6, 6.07) is 6.09. The first-order valence-electron chi connectivity index (χ1n) is 9.35. The molecule has 4 heterocycles. The Morgan fingerprint density at radius 3 is 2.70 bits per heavy atom. The van der Waals surface area contributed by atoms with Crippen LogP contribution >= 0.6 is 11.3 Å². The van der Waals surface area contributed by atoms with Gasteiger partial charge in [0.1, 0.15) is 17.2 Å². The van der Waals surface area contributed by atoms with Gasteiger partial charge in [0.15, 0.2) is 0 Å². The van der Waals surface area contributed by atoms with E-state index in [0.29, 0.717) is 11.6 Å². The highest BCUT2D eigenvalue weighted by molar-refractivity contribution is 7.07. The molecule has 0 unspecified atom stereocenters. The van der Waals surface area contributed by atoms with Crippen molar-refractivity contribution in [2.45, 2.75) is 45.1 Å². The lowest BCUT2D eigenvalue weighted by Gasteiger charge is -2.32. The van der Waals surface area contributed by atoms with E-state index in [1.54, 1.807) is 5.51 Å². The van der Waals surface area contributed by atoms with Gasteiger partial charge in [-0.25, -0.2) is 9.97 Å². The Bertz CT molecular complexity index is 933. The fourth-order valence-electron chi connectivity index (χ4n) is 3.61. The molecule has 27 heavy (non-hydrogen) atoms. The molecule has 0 aromatic carbocycles. The van der Waals surface area contributed by atoms with Gasteiger partial charge in [0, 0.05) is 36.1 Å². The van der Waals surface area contributed by atoms with Crippen molar-refractivity contribution in [3.05, 3.63) is 46.7 Å². The number of aromatic nitrogens is 3. The van der Waals surface area contributed by atoms with Crippen LogP contribution in [0.2, 0.25) is 0 Å². The van der Waals surface area contributed by atoms with Crippen LogP contribution in [0.4, 0.5) is 5.82 Å². The van der Waals surface area contributed by atoms with E-state index in [0.717, 1.165) is 43.1 Å². The molecule has 3 aromatic rings. The number of anilines is 1. The van der Waals surface area contributed by atoms with E-state index in [1.165, 1.54) is 11.3 Å². The number of carbonyl (C=O) groups is 1. The molecule has 4 rings (SSSR count). The molecule has 0 aliphatic carbocycles. The predicted molar refractivity (Wildman–Crippen MR) is 109 cm³/mol. The Morgan fingerprint density at radius 1 is 1.26 bits per heavy atom. The summed E-state index contributed by atoms with van der Waals surface area (Å²) in [6.45, 7) is 7.96. The Kier molecular flexibility index (Phi) is 4.63. The van der Waals surface area contributed by atoms with Crippen LogP contribution in [0.15, 0.2) is 35.3 Å². The normalized spacial score (nSPS) is 16.0. The number of hydrogen-bond acceptors (Lipinski definition) is 5. The smallest absolute Gasteiger partial charge is 0.273 e. The zero-order valence-electron chi connectivity index (χ0n) is 16.0. The van der Waals surface area contributed by atoms with Crippen molar-refractivity contribution in [1.82, 2.24) is 19.3 Å². The number of carbonyl (C=O) groups excluding carboxylic acids is 1. The largest absolute Gasteiger partial charge is 0.365 e. The van der Waals surface area contributed by atoms with Gasteiger partial charge in [0.2, 0.25) is 0 Å². The zero-order valence-corrected chi connectivity index (χ0v) is 16.8. The van der Waals surface area contributed by atoms with E-state index < -0.39 is 0 Å². The second-order valence-corrected chi connectivity index (χ2v) is 8.81. The second-order valence-electron chi connectivity index (χ2n) is 8.09. The average Bonchev–Trinajstić information content (AvgIpc) is 3.29. The number of fused-ring (bicyclic) bond motifs is 1. The molecule has 7 heteroatoms. The van der Waals surface area contributed by atoms with E-state index in [9.17, 15) is 4.79 Å². The van der Waals surface area contributed by atoms with Gasteiger partial charge in [-0.3, -0.25) is 9.20 Å². The Labute approximate surface area is 163 Å². The molecule has 1 saturated heterocycles. The van der Waals surface area contributed by atoms with Crippen LogP contribution in [-0.2, 0) is 0 Å². The van der Waals surface area contributed by atoms with Crippen molar-refractivity contribution in [3.63, 3.8) is 0 Å². The maximum absolute atomic E-state index is 12.5. The summed E-state index contributed by atoms with van der Waals surface area (Å²) in [7, 11) is 0. The third-order valence-electron chi connectivity index (χ3n) is 4.87. The molecular formula is C20H25N5OS. The molecule has 1 aliphatic heterocycles. The average molecular weight is 384 g/mol. The van der Waals surface area contributed by atoms with Crippen LogP contribution in [0.3, 0.4) is 0 Å². The SMILES string of the molecule is CC(C)(C)Nc1c(C2CCN(C(=O)c3cscn3)CC2)nc2ccccn12. The standard InChI is InChI=1S/C20H25N5OS/c1-20(2,3)23-18-17(22-16-6-4-5-9-25(16)18)14-7-10-24(11-8-14)19(26)15-12-27-13-21-15/h4-6,9,12-14,23H,7-8,10-11H2,1-3H3. The molecule has 0 bridgehead atoms. The summed E-state index contributed by atoms with van der Waals surface area (Å²) in [6.07, 6.45) is 3.89. The topological polar surface area (TPSA) is 62.5 Å². The van der Waals surface area contributed by atoms with Crippen molar-refractivity contribution in [3.8, 4) is 0 Å². The Hall–Kier alpha value is -2.41. The monoisotopic (exact) mass is 383 g/mol. The quantitative estimate of drug-likeness (QED) is 0.742. The van der Waals surface area contributed by atoms with Crippen LogP contribution in [0.1, 0.15) is 55.7 Å². The summed E-state index contributed by atoms with van der Waals surface area (Å²) in [5, 5.41) is 5.46. The van der Waals surface area contributed by atoms with Gasteiger partial charge in [-0.15, -0.1) is 11.3 Å². The highest BCUT2D eigenvalue weighted by atomic mass is 32.1. The number of pyridine rings is 1. The number of hydrogen-bond donors (Lipinski definition) is 1. The molecule has 142 valence electrons. The number of nitrogens with one attached hydrogen (secondary N) is 1. The molecule has 1 aliphatic rings. The molecule has 1 N–H and O–H groups in total. The first-order valence-corrected chi connectivity index (χ1v) is 10.3. The number of rotatable bonds is 3. The van der Waals surface area contributed by atoms with E-state index in [1.807, 2.05) is 28.5 Å². The van der Waals surface area contributed by atoms with E-state index in [-0.39, 0.29) is 11.4 Å². The number of amides is 1. The Morgan fingerprint density at radius 2 is 2.04 bits per heavy atom. The van der Waals surface area contributed by atoms with Crippen LogP contribution < -0.4 is 5.32 Å². The molecule has 1 fully saturated rings. The highest BCUT2D eigenvalue weighted by Crippen LogP contribution is 2.34. The minimum atomic E-state index is -0.0537. The van der Waals surface area contributed by atoms with E-state index in [4.69, 9.17) is 4.98 Å². The van der Waals surface area contributed by atoms with Crippen molar-refractivity contribution in [2.24, 2.45) is 0 Å². The number of nitrogens with zero attached hydrogens (tertiary/aromatic N) is 4.